The maximum absolute atomic E-state index is 12.1. The van der Waals surface area contributed by atoms with E-state index in [1.54, 1.807) is 11.3 Å². The normalized spacial score (nSPS) is 10.2. The van der Waals surface area contributed by atoms with Crippen molar-refractivity contribution in [3.05, 3.63) is 78.4 Å². The number of hydrogen-bond donors (Lipinski definition) is 1. The lowest BCUT2D eigenvalue weighted by molar-refractivity contribution is -0.118. The summed E-state index contributed by atoms with van der Waals surface area (Å²) in [6.07, 6.45) is 0. The second kappa shape index (κ2) is 9.85. The van der Waals surface area contributed by atoms with Gasteiger partial charge in [0.25, 0.3) is 5.91 Å². The largest absolute Gasteiger partial charge is 0.483 e. The minimum Gasteiger partial charge on any atom is -0.483 e. The molecule has 0 saturated carbocycles. The summed E-state index contributed by atoms with van der Waals surface area (Å²) < 4.78 is 6.74. The number of thiazole rings is 1. The molecule has 29 heavy (non-hydrogen) atoms. The second-order valence-corrected chi connectivity index (χ2v) is 7.20. The van der Waals surface area contributed by atoms with E-state index in [4.69, 9.17) is 4.74 Å². The Labute approximate surface area is 175 Å². The Morgan fingerprint density at radius 1 is 0.966 bits per heavy atom. The van der Waals surface area contributed by atoms with Gasteiger partial charge < -0.3 is 10.1 Å². The van der Waals surface area contributed by atoms with Gasteiger partial charge in [0.05, 0.1) is 10.2 Å². The lowest BCUT2D eigenvalue weighted by Gasteiger charge is -2.09. The molecular formula is C24H24N2O2S. The summed E-state index contributed by atoms with van der Waals surface area (Å²) in [6, 6.07) is 23.4. The highest BCUT2D eigenvalue weighted by Crippen LogP contribution is 2.30. The van der Waals surface area contributed by atoms with Gasteiger partial charge in [-0.15, -0.1) is 11.3 Å². The molecule has 0 aliphatic heterocycles. The number of benzene rings is 3. The van der Waals surface area contributed by atoms with E-state index in [0.717, 1.165) is 33.1 Å². The first-order valence-corrected chi connectivity index (χ1v) is 10.4. The number of nitrogens with zero attached hydrogens (tertiary/aromatic N) is 1. The number of fused-ring (bicyclic) bond motifs is 1. The van der Waals surface area contributed by atoms with Crippen LogP contribution in [0.4, 0.5) is 5.69 Å². The smallest absolute Gasteiger partial charge is 0.262 e. The summed E-state index contributed by atoms with van der Waals surface area (Å²) in [5, 5.41) is 3.83. The molecule has 1 amide bonds. The first-order chi connectivity index (χ1) is 14.2. The van der Waals surface area contributed by atoms with Crippen molar-refractivity contribution in [1.29, 1.82) is 0 Å². The molecule has 3 aromatic carbocycles. The molecule has 148 valence electrons. The number of anilines is 1. The third-order valence-electron chi connectivity index (χ3n) is 4.16. The Bertz CT molecular complexity index is 1050. The van der Waals surface area contributed by atoms with Gasteiger partial charge in [0, 0.05) is 11.3 Å². The van der Waals surface area contributed by atoms with Crippen LogP contribution in [0.1, 0.15) is 19.4 Å². The highest BCUT2D eigenvalue weighted by Gasteiger charge is 2.08. The molecule has 1 aromatic heterocycles. The van der Waals surface area contributed by atoms with Crippen molar-refractivity contribution in [3.63, 3.8) is 0 Å². The summed E-state index contributed by atoms with van der Waals surface area (Å²) in [5.41, 5.74) is 3.78. The molecule has 0 aliphatic carbocycles. The molecule has 1 heterocycles. The van der Waals surface area contributed by atoms with E-state index < -0.39 is 0 Å². The minimum absolute atomic E-state index is 0.0233. The zero-order valence-corrected chi connectivity index (χ0v) is 17.6. The molecule has 5 heteroatoms. The summed E-state index contributed by atoms with van der Waals surface area (Å²) >= 11 is 1.66. The van der Waals surface area contributed by atoms with Crippen molar-refractivity contribution in [3.8, 4) is 16.3 Å². The van der Waals surface area contributed by atoms with Crippen LogP contribution in [0.2, 0.25) is 0 Å². The van der Waals surface area contributed by atoms with Crippen LogP contribution in [0, 0.1) is 6.92 Å². The fraction of sp³-hybridized carbons (Fsp3) is 0.167. The summed E-state index contributed by atoms with van der Waals surface area (Å²) in [5.74, 6) is 0.532. The third kappa shape index (κ3) is 5.21. The Morgan fingerprint density at radius 2 is 1.66 bits per heavy atom. The van der Waals surface area contributed by atoms with Gasteiger partial charge in [-0.3, -0.25) is 4.79 Å². The van der Waals surface area contributed by atoms with E-state index in [9.17, 15) is 4.79 Å². The number of amides is 1. The van der Waals surface area contributed by atoms with Gasteiger partial charge in [-0.05, 0) is 55.0 Å². The number of ether oxygens (including phenoxy) is 1. The van der Waals surface area contributed by atoms with Crippen molar-refractivity contribution in [2.24, 2.45) is 0 Å². The molecule has 0 spiro atoms. The average Bonchev–Trinajstić information content (AvgIpc) is 3.19. The topological polar surface area (TPSA) is 51.2 Å². The van der Waals surface area contributed by atoms with Crippen LogP contribution >= 0.6 is 11.3 Å². The molecule has 0 unspecified atom stereocenters. The summed E-state index contributed by atoms with van der Waals surface area (Å²) in [7, 11) is 0. The van der Waals surface area contributed by atoms with Gasteiger partial charge >= 0.3 is 0 Å². The highest BCUT2D eigenvalue weighted by atomic mass is 32.1. The van der Waals surface area contributed by atoms with E-state index in [1.165, 1.54) is 4.70 Å². The van der Waals surface area contributed by atoms with Crippen molar-refractivity contribution < 1.29 is 9.53 Å². The Hall–Kier alpha value is -3.18. The number of para-hydroxylation sites is 2. The highest BCUT2D eigenvalue weighted by molar-refractivity contribution is 7.21. The molecule has 0 radical (unpaired) electrons. The molecule has 0 aliphatic rings. The first kappa shape index (κ1) is 20.6. The Morgan fingerprint density at radius 3 is 2.38 bits per heavy atom. The number of aryl methyl sites for hydroxylation is 1. The lowest BCUT2D eigenvalue weighted by Crippen LogP contribution is -2.20. The summed E-state index contributed by atoms with van der Waals surface area (Å²) in [4.78, 5) is 16.8. The fourth-order valence-corrected chi connectivity index (χ4v) is 3.72. The van der Waals surface area contributed by atoms with Gasteiger partial charge in [-0.25, -0.2) is 4.98 Å². The lowest BCUT2D eigenvalue weighted by atomic mass is 10.2. The van der Waals surface area contributed by atoms with Gasteiger partial charge in [0.15, 0.2) is 6.61 Å². The number of carbonyl (C=O) groups excluding carboxylic acids is 1. The fourth-order valence-electron chi connectivity index (χ4n) is 2.75. The van der Waals surface area contributed by atoms with Crippen LogP contribution in [0.25, 0.3) is 20.8 Å². The quantitative estimate of drug-likeness (QED) is 0.424. The SMILES string of the molecule is CC.Cc1ccccc1OCC(=O)Nc1ccc(-c2nc3ccccc3s2)cc1. The maximum atomic E-state index is 12.1. The van der Waals surface area contributed by atoms with Crippen LogP contribution < -0.4 is 10.1 Å². The molecule has 1 N–H and O–H groups in total. The van der Waals surface area contributed by atoms with E-state index in [2.05, 4.69) is 16.4 Å². The van der Waals surface area contributed by atoms with E-state index in [0.29, 0.717) is 0 Å². The summed E-state index contributed by atoms with van der Waals surface area (Å²) in [6.45, 7) is 5.93. The second-order valence-electron chi connectivity index (χ2n) is 6.17. The minimum atomic E-state index is -0.189. The predicted octanol–water partition coefficient (Wildman–Crippen LogP) is 6.32. The van der Waals surface area contributed by atoms with E-state index in [-0.39, 0.29) is 12.5 Å². The Balaban J connectivity index is 0.00000117. The van der Waals surface area contributed by atoms with Crippen LogP contribution in [-0.4, -0.2) is 17.5 Å². The number of rotatable bonds is 5. The van der Waals surface area contributed by atoms with Crippen LogP contribution in [0.5, 0.6) is 5.75 Å². The van der Waals surface area contributed by atoms with Gasteiger partial charge in [0.2, 0.25) is 0 Å². The molecular weight excluding hydrogens is 380 g/mol. The Kier molecular flexibility index (Phi) is 6.98. The van der Waals surface area contributed by atoms with Crippen molar-refractivity contribution in [2.75, 3.05) is 11.9 Å². The molecule has 4 aromatic rings. The van der Waals surface area contributed by atoms with Gasteiger partial charge in [0.1, 0.15) is 10.8 Å². The molecule has 0 fully saturated rings. The molecule has 0 saturated heterocycles. The predicted molar refractivity (Wildman–Crippen MR) is 122 cm³/mol. The zero-order chi connectivity index (χ0) is 20.6. The van der Waals surface area contributed by atoms with E-state index >= 15 is 0 Å². The maximum Gasteiger partial charge on any atom is 0.262 e. The zero-order valence-electron chi connectivity index (χ0n) is 16.8. The number of carbonyl (C=O) groups is 1. The molecule has 4 nitrogen and oxygen atoms in total. The first-order valence-electron chi connectivity index (χ1n) is 9.63. The monoisotopic (exact) mass is 404 g/mol. The third-order valence-corrected chi connectivity index (χ3v) is 5.25. The van der Waals surface area contributed by atoms with Crippen LogP contribution in [-0.2, 0) is 4.79 Å². The van der Waals surface area contributed by atoms with E-state index in [1.807, 2.05) is 87.5 Å². The standard InChI is InChI=1S/C22H18N2O2S.C2H6/c1-15-6-2-4-8-19(15)26-14-21(25)23-17-12-10-16(11-13-17)22-24-18-7-3-5-9-20(18)27-22;1-2/h2-13H,14H2,1H3,(H,23,25);1-2H3. The average molecular weight is 405 g/mol. The number of hydrogen-bond acceptors (Lipinski definition) is 4. The van der Waals surface area contributed by atoms with Crippen LogP contribution in [0.15, 0.2) is 72.8 Å². The van der Waals surface area contributed by atoms with Crippen LogP contribution in [0.3, 0.4) is 0 Å². The van der Waals surface area contributed by atoms with Crippen molar-refractivity contribution in [2.45, 2.75) is 20.8 Å². The van der Waals surface area contributed by atoms with Gasteiger partial charge in [-0.1, -0.05) is 44.2 Å². The number of nitrogens with one attached hydrogen (secondary N) is 1. The molecule has 0 atom stereocenters. The van der Waals surface area contributed by atoms with Crippen molar-refractivity contribution >= 4 is 33.1 Å². The van der Waals surface area contributed by atoms with Crippen molar-refractivity contribution in [1.82, 2.24) is 4.98 Å². The molecule has 0 bridgehead atoms. The number of aromatic nitrogens is 1. The molecule has 4 rings (SSSR count). The van der Waals surface area contributed by atoms with Gasteiger partial charge in [-0.2, -0.15) is 0 Å².